The van der Waals surface area contributed by atoms with Crippen molar-refractivity contribution in [1.29, 1.82) is 0 Å². The van der Waals surface area contributed by atoms with Crippen molar-refractivity contribution in [2.75, 3.05) is 37.2 Å². The molecule has 1 aromatic heterocycles. The summed E-state index contributed by atoms with van der Waals surface area (Å²) < 4.78 is 7.97. The number of likely N-dealkylation sites (tertiary alicyclic amines) is 1. The van der Waals surface area contributed by atoms with Gasteiger partial charge in [0, 0.05) is 23.4 Å². The zero-order valence-electron chi connectivity index (χ0n) is 30.4. The van der Waals surface area contributed by atoms with Crippen molar-refractivity contribution in [1.82, 2.24) is 24.9 Å². The van der Waals surface area contributed by atoms with E-state index in [1.165, 1.54) is 0 Å². The van der Waals surface area contributed by atoms with E-state index in [9.17, 15) is 24.0 Å². The van der Waals surface area contributed by atoms with Crippen LogP contribution >= 0.6 is 11.8 Å². The number of ether oxygens (including phenoxy) is 1. The molecule has 5 amide bonds. The number of carbonyl (C=O) groups excluding carboxylic acids is 5. The van der Waals surface area contributed by atoms with Crippen LogP contribution in [0.5, 0.6) is 11.5 Å². The van der Waals surface area contributed by atoms with Gasteiger partial charge >= 0.3 is 0 Å². The van der Waals surface area contributed by atoms with Crippen molar-refractivity contribution in [3.05, 3.63) is 89.5 Å². The first-order valence-corrected chi connectivity index (χ1v) is 19.9. The number of unbranched alkanes of at least 4 members (excludes halogenated alkanes) is 1. The number of imide groups is 2. The zero-order chi connectivity index (χ0) is 38.1. The lowest BCUT2D eigenvalue weighted by Crippen LogP contribution is -2.54. The van der Waals surface area contributed by atoms with Gasteiger partial charge in [-0.2, -0.15) is 5.10 Å². The average Bonchev–Trinajstić information content (AvgIpc) is 3.71. The van der Waals surface area contributed by atoms with Crippen LogP contribution in [0.3, 0.4) is 0 Å². The average molecular weight is 762 g/mol. The molecule has 55 heavy (non-hydrogen) atoms. The van der Waals surface area contributed by atoms with Crippen LogP contribution < -0.4 is 21.1 Å². The molecular weight excluding hydrogens is 719 g/mol. The summed E-state index contributed by atoms with van der Waals surface area (Å²) >= 11 is 1.56. The van der Waals surface area contributed by atoms with Crippen LogP contribution in [0.4, 0.5) is 5.82 Å². The van der Waals surface area contributed by atoms with Crippen molar-refractivity contribution in [2.45, 2.75) is 61.9 Å². The van der Waals surface area contributed by atoms with Crippen LogP contribution in [0.15, 0.2) is 77.7 Å². The summed E-state index contributed by atoms with van der Waals surface area (Å²) in [6.45, 7) is 3.68. The maximum atomic E-state index is 13.4. The van der Waals surface area contributed by atoms with Crippen LogP contribution in [0.1, 0.15) is 82.1 Å². The van der Waals surface area contributed by atoms with E-state index in [-0.39, 0.29) is 18.9 Å². The van der Waals surface area contributed by atoms with E-state index in [4.69, 9.17) is 15.6 Å². The van der Waals surface area contributed by atoms with E-state index in [0.29, 0.717) is 39.9 Å². The minimum atomic E-state index is -0.974. The third-order valence-corrected chi connectivity index (χ3v) is 12.2. The monoisotopic (exact) mass is 761 g/mol. The molecule has 4 N–H and O–H groups in total. The number of primary amides is 1. The minimum absolute atomic E-state index is 0.0909. The van der Waals surface area contributed by atoms with Gasteiger partial charge in [-0.1, -0.05) is 24.3 Å². The van der Waals surface area contributed by atoms with Crippen molar-refractivity contribution in [3.8, 4) is 22.8 Å². The molecule has 4 aliphatic rings. The largest absolute Gasteiger partial charge is 0.457 e. The number of anilines is 1. The van der Waals surface area contributed by atoms with Gasteiger partial charge in [0.15, 0.2) is 0 Å². The fraction of sp³-hybridized carbons (Fsp3) is 0.366. The Bertz CT molecular complexity index is 2130. The van der Waals surface area contributed by atoms with E-state index < -0.39 is 35.6 Å². The standard InChI is InChI=1S/C41H43N7O6S/c42-37(50)35-36(26-11-13-28(14-12-26)54-27-7-2-1-3-8-27)45-48-30(17-20-43-38(35)48)25-18-22-46(23-19-25)21-4-5-24-55-32-10-6-9-29-34(32)41(53)47(40(29)52)31-15-16-33(49)44-39(31)51/h1-3,6-14,25,30-31,43H,4-5,15-24H2,(H2,42,50)(H,44,49,51). The molecule has 8 rings (SSSR count). The van der Waals surface area contributed by atoms with Gasteiger partial charge in [0.2, 0.25) is 11.8 Å². The van der Waals surface area contributed by atoms with Gasteiger partial charge in [0.1, 0.15) is 34.6 Å². The summed E-state index contributed by atoms with van der Waals surface area (Å²) in [6, 6.07) is 21.6. The Labute approximate surface area is 322 Å². The molecule has 3 aromatic carbocycles. The summed E-state index contributed by atoms with van der Waals surface area (Å²) in [5.74, 6) is 0.880. The molecule has 0 spiro atoms. The SMILES string of the molecule is NC(=O)c1c(-c2ccc(Oc3ccccc3)cc2)nn2c1NCCC2C1CCN(CCCCSc2cccc3c2C(=O)N(C2CCC(=O)NC2=O)C3=O)CC1. The highest BCUT2D eigenvalue weighted by Crippen LogP contribution is 2.41. The predicted octanol–water partition coefficient (Wildman–Crippen LogP) is 5.48. The summed E-state index contributed by atoms with van der Waals surface area (Å²) in [4.78, 5) is 67.8. The van der Waals surface area contributed by atoms with Gasteiger partial charge in [-0.15, -0.1) is 11.8 Å². The smallest absolute Gasteiger partial charge is 0.263 e. The molecular formula is C41H43N7O6S. The highest BCUT2D eigenvalue weighted by molar-refractivity contribution is 7.99. The number of para-hydroxylation sites is 1. The number of fused-ring (bicyclic) bond motifs is 2. The van der Waals surface area contributed by atoms with Crippen LogP contribution in [0, 0.1) is 5.92 Å². The highest BCUT2D eigenvalue weighted by atomic mass is 32.2. The number of benzene rings is 3. The number of hydrogen-bond acceptors (Lipinski definition) is 10. The predicted molar refractivity (Wildman–Crippen MR) is 207 cm³/mol. The van der Waals surface area contributed by atoms with Crippen molar-refractivity contribution >= 4 is 47.1 Å². The topological polar surface area (TPSA) is 169 Å². The van der Waals surface area contributed by atoms with E-state index in [1.807, 2.05) is 65.3 Å². The van der Waals surface area contributed by atoms with Gasteiger partial charge < -0.3 is 20.7 Å². The second-order valence-electron chi connectivity index (χ2n) is 14.5. The molecule has 2 saturated heterocycles. The summed E-state index contributed by atoms with van der Waals surface area (Å²) in [5, 5.41) is 10.7. The van der Waals surface area contributed by atoms with E-state index in [0.717, 1.165) is 85.1 Å². The number of nitrogens with two attached hydrogens (primary N) is 1. The lowest BCUT2D eigenvalue weighted by Gasteiger charge is -2.38. The Morgan fingerprint density at radius 2 is 1.64 bits per heavy atom. The van der Waals surface area contributed by atoms with Crippen molar-refractivity contribution < 1.29 is 28.7 Å². The molecule has 0 saturated carbocycles. The third kappa shape index (κ3) is 7.35. The van der Waals surface area contributed by atoms with E-state index >= 15 is 0 Å². The molecule has 4 aromatic rings. The molecule has 2 unspecified atom stereocenters. The molecule has 14 heteroatoms. The lowest BCUT2D eigenvalue weighted by atomic mass is 9.87. The van der Waals surface area contributed by atoms with Crippen LogP contribution in [-0.2, 0) is 9.59 Å². The Hall–Kier alpha value is -5.47. The lowest BCUT2D eigenvalue weighted by molar-refractivity contribution is -0.136. The Morgan fingerprint density at radius 1 is 0.873 bits per heavy atom. The Morgan fingerprint density at radius 3 is 2.38 bits per heavy atom. The van der Waals surface area contributed by atoms with E-state index in [1.54, 1.807) is 23.9 Å². The molecule has 0 radical (unpaired) electrons. The number of rotatable bonds is 12. The number of nitrogens with one attached hydrogen (secondary N) is 2. The number of hydrogen-bond donors (Lipinski definition) is 3. The zero-order valence-corrected chi connectivity index (χ0v) is 31.2. The molecule has 2 atom stereocenters. The first-order valence-electron chi connectivity index (χ1n) is 19.0. The van der Waals surface area contributed by atoms with Gasteiger partial charge in [-0.25, -0.2) is 4.68 Å². The van der Waals surface area contributed by atoms with Gasteiger partial charge in [-0.3, -0.25) is 34.2 Å². The number of aromatic nitrogens is 2. The third-order valence-electron chi connectivity index (χ3n) is 11.0. The normalized spacial score (nSPS) is 20.2. The number of amides is 5. The maximum Gasteiger partial charge on any atom is 0.263 e. The molecule has 5 heterocycles. The molecule has 0 aliphatic carbocycles. The fourth-order valence-electron chi connectivity index (χ4n) is 8.27. The van der Waals surface area contributed by atoms with Crippen LogP contribution in [0.25, 0.3) is 11.3 Å². The summed E-state index contributed by atoms with van der Waals surface area (Å²) in [6.07, 6.45) is 5.14. The van der Waals surface area contributed by atoms with Crippen LogP contribution in [0.2, 0.25) is 0 Å². The van der Waals surface area contributed by atoms with Gasteiger partial charge in [0.05, 0.1) is 17.2 Å². The minimum Gasteiger partial charge on any atom is -0.457 e. The maximum absolute atomic E-state index is 13.4. The van der Waals surface area contributed by atoms with Crippen molar-refractivity contribution in [3.63, 3.8) is 0 Å². The first-order chi connectivity index (χ1) is 26.8. The van der Waals surface area contributed by atoms with Crippen LogP contribution in [-0.4, -0.2) is 87.1 Å². The fourth-order valence-corrected chi connectivity index (χ4v) is 9.35. The van der Waals surface area contributed by atoms with E-state index in [2.05, 4.69) is 15.5 Å². The van der Waals surface area contributed by atoms with Gasteiger partial charge in [-0.05, 0) is 118 Å². The summed E-state index contributed by atoms with van der Waals surface area (Å²) in [5.41, 5.74) is 8.41. The first kappa shape index (κ1) is 36.5. The second kappa shape index (κ2) is 15.7. The number of carbonyl (C=O) groups is 5. The Kier molecular flexibility index (Phi) is 10.4. The second-order valence-corrected chi connectivity index (χ2v) is 15.6. The number of nitrogens with zero attached hydrogens (tertiary/aromatic N) is 4. The molecule has 0 bridgehead atoms. The Balaban J connectivity index is 0.841. The highest BCUT2D eigenvalue weighted by Gasteiger charge is 2.45. The van der Waals surface area contributed by atoms with Crippen molar-refractivity contribution in [2.24, 2.45) is 11.7 Å². The molecule has 2 fully saturated rings. The summed E-state index contributed by atoms with van der Waals surface area (Å²) in [7, 11) is 0. The molecule has 4 aliphatic heterocycles. The number of piperidine rings is 2. The quantitative estimate of drug-likeness (QED) is 0.0955. The molecule has 13 nitrogen and oxygen atoms in total. The molecule has 284 valence electrons. The van der Waals surface area contributed by atoms with Gasteiger partial charge in [0.25, 0.3) is 17.7 Å². The number of thioether (sulfide) groups is 1.